The Bertz CT molecular complexity index is 792. The van der Waals surface area contributed by atoms with E-state index < -0.39 is 0 Å². The van der Waals surface area contributed by atoms with Crippen LogP contribution in [-0.2, 0) is 11.2 Å². The maximum atomic E-state index is 12.9. The van der Waals surface area contributed by atoms with Crippen molar-refractivity contribution in [2.45, 2.75) is 26.2 Å². The third kappa shape index (κ3) is 2.65. The van der Waals surface area contributed by atoms with Gasteiger partial charge in [-0.2, -0.15) is 0 Å². The minimum atomic E-state index is 0.0318. The van der Waals surface area contributed by atoms with Gasteiger partial charge in [0.05, 0.1) is 9.88 Å². The van der Waals surface area contributed by atoms with E-state index in [2.05, 4.69) is 11.4 Å². The molecule has 2 aliphatic rings. The van der Waals surface area contributed by atoms with Crippen LogP contribution in [0.25, 0.3) is 0 Å². The van der Waals surface area contributed by atoms with Crippen LogP contribution < -0.4 is 10.2 Å². The Hall–Kier alpha value is -2.14. The van der Waals surface area contributed by atoms with Crippen LogP contribution in [0.2, 0.25) is 0 Å². The summed E-state index contributed by atoms with van der Waals surface area (Å²) in [4.78, 5) is 27.3. The molecular formula is C18H18N2O2S. The molecule has 2 amide bonds. The van der Waals surface area contributed by atoms with Gasteiger partial charge < -0.3 is 10.2 Å². The first-order valence-corrected chi connectivity index (χ1v) is 8.76. The highest BCUT2D eigenvalue weighted by molar-refractivity contribution is 7.18. The van der Waals surface area contributed by atoms with Crippen molar-refractivity contribution in [1.82, 2.24) is 0 Å². The van der Waals surface area contributed by atoms with E-state index in [4.69, 9.17) is 0 Å². The van der Waals surface area contributed by atoms with Crippen molar-refractivity contribution >= 4 is 33.8 Å². The number of nitrogens with zero attached hydrogens (tertiary/aromatic N) is 1. The van der Waals surface area contributed by atoms with E-state index in [0.717, 1.165) is 42.1 Å². The molecule has 4 rings (SSSR count). The number of carbonyl (C=O) groups is 2. The van der Waals surface area contributed by atoms with Gasteiger partial charge in [-0.05, 0) is 49.4 Å². The number of rotatable bonds is 3. The number of thiophene rings is 1. The quantitative estimate of drug-likeness (QED) is 0.937. The molecule has 1 aliphatic heterocycles. The van der Waals surface area contributed by atoms with Crippen LogP contribution in [0, 0.1) is 12.8 Å². The van der Waals surface area contributed by atoms with Crippen LogP contribution >= 0.6 is 11.3 Å². The van der Waals surface area contributed by atoms with Crippen LogP contribution in [0.3, 0.4) is 0 Å². The molecule has 23 heavy (non-hydrogen) atoms. The molecule has 0 saturated heterocycles. The van der Waals surface area contributed by atoms with Gasteiger partial charge >= 0.3 is 0 Å². The summed E-state index contributed by atoms with van der Waals surface area (Å²) in [6.07, 6.45) is 2.86. The van der Waals surface area contributed by atoms with Crippen molar-refractivity contribution in [2.24, 2.45) is 5.92 Å². The average molecular weight is 326 g/mol. The number of fused-ring (bicyclic) bond motifs is 1. The van der Waals surface area contributed by atoms with Crippen molar-refractivity contribution in [3.05, 3.63) is 46.3 Å². The standard InChI is InChI=1S/C18H18N2O2S/c1-11-10-15(19-17(21)13-6-7-13)23-16(11)18(22)20-9-8-12-4-2-3-5-14(12)20/h2-5,10,13H,6-9H2,1H3,(H,19,21). The summed E-state index contributed by atoms with van der Waals surface area (Å²) in [5.41, 5.74) is 3.15. The van der Waals surface area contributed by atoms with Crippen LogP contribution in [0.5, 0.6) is 0 Å². The summed E-state index contributed by atoms with van der Waals surface area (Å²) in [5, 5.41) is 3.71. The van der Waals surface area contributed by atoms with E-state index in [0.29, 0.717) is 4.88 Å². The summed E-state index contributed by atoms with van der Waals surface area (Å²) in [6.45, 7) is 2.65. The third-order valence-electron chi connectivity index (χ3n) is 4.44. The molecule has 4 nitrogen and oxygen atoms in total. The van der Waals surface area contributed by atoms with Crippen molar-refractivity contribution in [1.29, 1.82) is 0 Å². The Morgan fingerprint density at radius 2 is 2.04 bits per heavy atom. The molecule has 1 saturated carbocycles. The minimum Gasteiger partial charge on any atom is -0.317 e. The lowest BCUT2D eigenvalue weighted by Gasteiger charge is -2.16. The molecule has 1 aliphatic carbocycles. The second kappa shape index (κ2) is 5.49. The number of para-hydroxylation sites is 1. The topological polar surface area (TPSA) is 49.4 Å². The third-order valence-corrected chi connectivity index (χ3v) is 5.58. The molecule has 1 fully saturated rings. The zero-order chi connectivity index (χ0) is 16.0. The second-order valence-corrected chi connectivity index (χ2v) is 7.27. The highest BCUT2D eigenvalue weighted by Crippen LogP contribution is 2.35. The van der Waals surface area contributed by atoms with E-state index >= 15 is 0 Å². The first-order valence-electron chi connectivity index (χ1n) is 7.94. The molecule has 0 unspecified atom stereocenters. The highest BCUT2D eigenvalue weighted by Gasteiger charge is 2.31. The van der Waals surface area contributed by atoms with Gasteiger partial charge in [-0.1, -0.05) is 18.2 Å². The smallest absolute Gasteiger partial charge is 0.268 e. The fourth-order valence-electron chi connectivity index (χ4n) is 3.00. The Morgan fingerprint density at radius 3 is 2.83 bits per heavy atom. The van der Waals surface area contributed by atoms with E-state index in [1.165, 1.54) is 16.9 Å². The summed E-state index contributed by atoms with van der Waals surface area (Å²) in [7, 11) is 0. The number of aryl methyl sites for hydroxylation is 1. The number of hydrogen-bond acceptors (Lipinski definition) is 3. The Balaban J connectivity index is 1.57. The van der Waals surface area contributed by atoms with Gasteiger partial charge in [-0.15, -0.1) is 11.3 Å². The molecule has 118 valence electrons. The van der Waals surface area contributed by atoms with Crippen molar-refractivity contribution in [3.63, 3.8) is 0 Å². The highest BCUT2D eigenvalue weighted by atomic mass is 32.1. The van der Waals surface area contributed by atoms with Gasteiger partial charge in [0.1, 0.15) is 0 Å². The zero-order valence-electron chi connectivity index (χ0n) is 13.0. The number of amides is 2. The van der Waals surface area contributed by atoms with Crippen LogP contribution in [0.1, 0.15) is 33.6 Å². The van der Waals surface area contributed by atoms with Crippen LogP contribution in [-0.4, -0.2) is 18.4 Å². The number of carbonyl (C=O) groups excluding carboxylic acids is 2. The zero-order valence-corrected chi connectivity index (χ0v) is 13.8. The molecule has 0 bridgehead atoms. The molecule has 1 N–H and O–H groups in total. The first-order chi connectivity index (χ1) is 11.1. The first kappa shape index (κ1) is 14.5. The maximum Gasteiger partial charge on any atom is 0.268 e. The van der Waals surface area contributed by atoms with E-state index in [1.807, 2.05) is 36.1 Å². The molecule has 0 spiro atoms. The molecule has 2 aromatic rings. The van der Waals surface area contributed by atoms with E-state index in [-0.39, 0.29) is 17.7 Å². The largest absolute Gasteiger partial charge is 0.317 e. The summed E-state index contributed by atoms with van der Waals surface area (Å²) in [5.74, 6) is 0.281. The van der Waals surface area contributed by atoms with E-state index in [9.17, 15) is 9.59 Å². The summed E-state index contributed by atoms with van der Waals surface area (Å²) < 4.78 is 0. The number of nitrogens with one attached hydrogen (secondary N) is 1. The molecular weight excluding hydrogens is 308 g/mol. The van der Waals surface area contributed by atoms with Gasteiger partial charge in [0, 0.05) is 18.2 Å². The van der Waals surface area contributed by atoms with Gasteiger partial charge in [0.15, 0.2) is 0 Å². The molecule has 2 heterocycles. The molecule has 1 aromatic heterocycles. The predicted molar refractivity (Wildman–Crippen MR) is 92.2 cm³/mol. The summed E-state index contributed by atoms with van der Waals surface area (Å²) >= 11 is 1.38. The van der Waals surface area contributed by atoms with Crippen molar-refractivity contribution in [3.8, 4) is 0 Å². The van der Waals surface area contributed by atoms with Gasteiger partial charge in [0.2, 0.25) is 5.91 Å². The maximum absolute atomic E-state index is 12.9. The normalized spacial score (nSPS) is 16.3. The fraction of sp³-hybridized carbons (Fsp3) is 0.333. The van der Waals surface area contributed by atoms with Gasteiger partial charge in [-0.25, -0.2) is 0 Å². The predicted octanol–water partition coefficient (Wildman–Crippen LogP) is 3.61. The lowest BCUT2D eigenvalue weighted by atomic mass is 10.2. The Kier molecular flexibility index (Phi) is 3.45. The van der Waals surface area contributed by atoms with Gasteiger partial charge in [0.25, 0.3) is 5.91 Å². The van der Waals surface area contributed by atoms with Crippen LogP contribution in [0.4, 0.5) is 10.7 Å². The average Bonchev–Trinajstić information content (AvgIpc) is 3.21. The molecule has 0 radical (unpaired) electrons. The molecule has 0 atom stereocenters. The Morgan fingerprint density at radius 1 is 1.26 bits per heavy atom. The van der Waals surface area contributed by atoms with Crippen molar-refractivity contribution in [2.75, 3.05) is 16.8 Å². The minimum absolute atomic E-state index is 0.0318. The monoisotopic (exact) mass is 326 g/mol. The second-order valence-electron chi connectivity index (χ2n) is 6.22. The Labute approximate surface area is 139 Å². The number of anilines is 2. The molecule has 5 heteroatoms. The lowest BCUT2D eigenvalue weighted by molar-refractivity contribution is -0.117. The number of benzene rings is 1. The van der Waals surface area contributed by atoms with Crippen molar-refractivity contribution < 1.29 is 9.59 Å². The summed E-state index contributed by atoms with van der Waals surface area (Å²) in [6, 6.07) is 9.95. The lowest BCUT2D eigenvalue weighted by Crippen LogP contribution is -2.28. The van der Waals surface area contributed by atoms with Gasteiger partial charge in [-0.3, -0.25) is 9.59 Å². The van der Waals surface area contributed by atoms with Crippen LogP contribution in [0.15, 0.2) is 30.3 Å². The SMILES string of the molecule is Cc1cc(NC(=O)C2CC2)sc1C(=O)N1CCc2ccccc21. The fourth-order valence-corrected chi connectivity index (χ4v) is 4.02. The van der Waals surface area contributed by atoms with E-state index in [1.54, 1.807) is 0 Å². The number of hydrogen-bond donors (Lipinski definition) is 1. The molecule has 1 aromatic carbocycles.